The molecule has 1 N–H and O–H groups in total. The first-order valence-electron chi connectivity index (χ1n) is 6.94. The van der Waals surface area contributed by atoms with E-state index in [-0.39, 0.29) is 5.91 Å². The number of hydrogen-bond donors (Lipinski definition) is 1. The van der Waals surface area contributed by atoms with Gasteiger partial charge in [0.2, 0.25) is 0 Å². The second kappa shape index (κ2) is 7.36. The van der Waals surface area contributed by atoms with Crippen molar-refractivity contribution >= 4 is 11.6 Å². The predicted octanol–water partition coefficient (Wildman–Crippen LogP) is 3.35. The van der Waals surface area contributed by atoms with E-state index in [4.69, 9.17) is 14.2 Å². The predicted molar refractivity (Wildman–Crippen MR) is 85.1 cm³/mol. The minimum absolute atomic E-state index is 0.199. The number of anilines is 1. The van der Waals surface area contributed by atoms with Gasteiger partial charge in [-0.25, -0.2) is 0 Å². The van der Waals surface area contributed by atoms with Crippen LogP contribution in [0.2, 0.25) is 0 Å². The smallest absolute Gasteiger partial charge is 0.255 e. The number of carbonyl (C=O) groups is 1. The Hall–Kier alpha value is -2.69. The molecule has 2 aromatic carbocycles. The van der Waals surface area contributed by atoms with E-state index in [0.717, 1.165) is 5.75 Å². The first-order chi connectivity index (χ1) is 10.7. The zero-order valence-electron chi connectivity index (χ0n) is 12.9. The number of ether oxygens (including phenoxy) is 3. The Bertz CT molecular complexity index is 638. The van der Waals surface area contributed by atoms with Crippen molar-refractivity contribution in [3.05, 3.63) is 48.0 Å². The topological polar surface area (TPSA) is 56.8 Å². The van der Waals surface area contributed by atoms with E-state index in [1.54, 1.807) is 56.7 Å². The van der Waals surface area contributed by atoms with Crippen LogP contribution in [-0.2, 0) is 0 Å². The van der Waals surface area contributed by atoms with E-state index >= 15 is 0 Å². The Kier molecular flexibility index (Phi) is 5.25. The highest BCUT2D eigenvalue weighted by Gasteiger charge is 2.09. The van der Waals surface area contributed by atoms with Gasteiger partial charge in [-0.3, -0.25) is 4.79 Å². The van der Waals surface area contributed by atoms with Crippen LogP contribution in [-0.4, -0.2) is 26.7 Å². The van der Waals surface area contributed by atoms with Gasteiger partial charge >= 0.3 is 0 Å². The first-order valence-corrected chi connectivity index (χ1v) is 6.94. The van der Waals surface area contributed by atoms with Gasteiger partial charge in [0.1, 0.15) is 5.75 Å². The molecule has 0 aliphatic heterocycles. The summed E-state index contributed by atoms with van der Waals surface area (Å²) in [5, 5.41) is 2.82. The Balaban J connectivity index is 2.11. The van der Waals surface area contributed by atoms with Crippen LogP contribution in [0.25, 0.3) is 0 Å². The van der Waals surface area contributed by atoms with Crippen molar-refractivity contribution in [3.63, 3.8) is 0 Å². The highest BCUT2D eigenvalue weighted by Crippen LogP contribution is 2.29. The summed E-state index contributed by atoms with van der Waals surface area (Å²) in [7, 11) is 3.12. The summed E-state index contributed by atoms with van der Waals surface area (Å²) in [5.74, 6) is 1.72. The molecule has 2 aromatic rings. The summed E-state index contributed by atoms with van der Waals surface area (Å²) in [6.07, 6.45) is 0. The van der Waals surface area contributed by atoms with Gasteiger partial charge in [-0.1, -0.05) is 0 Å². The molecule has 0 unspecified atom stereocenters. The molecular weight excluding hydrogens is 282 g/mol. The molecule has 0 bridgehead atoms. The van der Waals surface area contributed by atoms with E-state index < -0.39 is 0 Å². The number of nitrogens with one attached hydrogen (secondary N) is 1. The van der Waals surface area contributed by atoms with E-state index in [0.29, 0.717) is 29.4 Å². The molecule has 22 heavy (non-hydrogen) atoms. The van der Waals surface area contributed by atoms with Crippen molar-refractivity contribution in [2.45, 2.75) is 6.92 Å². The summed E-state index contributed by atoms with van der Waals surface area (Å²) in [4.78, 5) is 12.2. The lowest BCUT2D eigenvalue weighted by molar-refractivity contribution is 0.102. The van der Waals surface area contributed by atoms with Crippen LogP contribution < -0.4 is 19.5 Å². The largest absolute Gasteiger partial charge is 0.494 e. The third-order valence-electron chi connectivity index (χ3n) is 3.07. The molecule has 116 valence electrons. The average Bonchev–Trinajstić information content (AvgIpc) is 2.55. The number of carbonyl (C=O) groups excluding carboxylic acids is 1. The van der Waals surface area contributed by atoms with E-state index in [1.807, 2.05) is 6.92 Å². The molecule has 5 heteroatoms. The SMILES string of the molecule is CCOc1ccc(C(=O)Nc2ccc(OC)c(OC)c2)cc1. The zero-order valence-corrected chi connectivity index (χ0v) is 12.9. The van der Waals surface area contributed by atoms with Crippen molar-refractivity contribution in [3.8, 4) is 17.2 Å². The highest BCUT2D eigenvalue weighted by molar-refractivity contribution is 6.04. The molecule has 0 atom stereocenters. The van der Waals surface area contributed by atoms with Crippen molar-refractivity contribution in [1.29, 1.82) is 0 Å². The summed E-state index contributed by atoms with van der Waals surface area (Å²) in [5.41, 5.74) is 1.19. The lowest BCUT2D eigenvalue weighted by Gasteiger charge is -2.11. The minimum Gasteiger partial charge on any atom is -0.494 e. The fraction of sp³-hybridized carbons (Fsp3) is 0.235. The fourth-order valence-electron chi connectivity index (χ4n) is 1.99. The van der Waals surface area contributed by atoms with Crippen LogP contribution in [0.1, 0.15) is 17.3 Å². The quantitative estimate of drug-likeness (QED) is 0.889. The lowest BCUT2D eigenvalue weighted by Crippen LogP contribution is -2.11. The zero-order chi connectivity index (χ0) is 15.9. The molecule has 0 radical (unpaired) electrons. The molecule has 0 saturated heterocycles. The van der Waals surface area contributed by atoms with Crippen LogP contribution >= 0.6 is 0 Å². The van der Waals surface area contributed by atoms with Crippen LogP contribution in [0.4, 0.5) is 5.69 Å². The van der Waals surface area contributed by atoms with Crippen LogP contribution in [0.5, 0.6) is 17.2 Å². The molecule has 1 amide bonds. The van der Waals surface area contributed by atoms with Crippen molar-refractivity contribution < 1.29 is 19.0 Å². The van der Waals surface area contributed by atoms with E-state index in [1.165, 1.54) is 0 Å². The molecular formula is C17H19NO4. The van der Waals surface area contributed by atoms with Crippen molar-refractivity contribution in [1.82, 2.24) is 0 Å². The maximum atomic E-state index is 12.2. The van der Waals surface area contributed by atoms with Crippen LogP contribution in [0, 0.1) is 0 Å². The van der Waals surface area contributed by atoms with Gasteiger partial charge in [-0.05, 0) is 43.3 Å². The average molecular weight is 301 g/mol. The maximum Gasteiger partial charge on any atom is 0.255 e. The molecule has 0 spiro atoms. The summed E-state index contributed by atoms with van der Waals surface area (Å²) in [6, 6.07) is 12.2. The molecule has 0 saturated carbocycles. The van der Waals surface area contributed by atoms with Crippen LogP contribution in [0.3, 0.4) is 0 Å². The Morgan fingerprint density at radius 2 is 1.68 bits per heavy atom. The second-order valence-corrected chi connectivity index (χ2v) is 4.48. The fourth-order valence-corrected chi connectivity index (χ4v) is 1.99. The van der Waals surface area contributed by atoms with Gasteiger partial charge in [0.15, 0.2) is 11.5 Å². The molecule has 0 fully saturated rings. The summed E-state index contributed by atoms with van der Waals surface area (Å²) < 4.78 is 15.7. The Labute approximate surface area is 129 Å². The monoisotopic (exact) mass is 301 g/mol. The van der Waals surface area contributed by atoms with Crippen molar-refractivity contribution in [2.75, 3.05) is 26.1 Å². The maximum absolute atomic E-state index is 12.2. The number of hydrogen-bond acceptors (Lipinski definition) is 4. The number of benzene rings is 2. The molecule has 0 heterocycles. The minimum atomic E-state index is -0.199. The lowest BCUT2D eigenvalue weighted by atomic mass is 10.2. The molecule has 0 aromatic heterocycles. The van der Waals surface area contributed by atoms with Gasteiger partial charge in [0.25, 0.3) is 5.91 Å². The number of amides is 1. The standard InChI is InChI=1S/C17H19NO4/c1-4-22-14-8-5-12(6-9-14)17(19)18-13-7-10-15(20-2)16(11-13)21-3/h5-11H,4H2,1-3H3,(H,18,19). The van der Waals surface area contributed by atoms with Gasteiger partial charge in [0, 0.05) is 17.3 Å². The highest BCUT2D eigenvalue weighted by atomic mass is 16.5. The van der Waals surface area contributed by atoms with E-state index in [2.05, 4.69) is 5.32 Å². The van der Waals surface area contributed by atoms with Gasteiger partial charge in [-0.15, -0.1) is 0 Å². The second-order valence-electron chi connectivity index (χ2n) is 4.48. The van der Waals surface area contributed by atoms with Gasteiger partial charge in [0.05, 0.1) is 20.8 Å². The molecule has 5 nitrogen and oxygen atoms in total. The first kappa shape index (κ1) is 15.7. The summed E-state index contributed by atoms with van der Waals surface area (Å²) >= 11 is 0. The Morgan fingerprint density at radius 3 is 2.27 bits per heavy atom. The molecule has 0 aliphatic carbocycles. The van der Waals surface area contributed by atoms with Crippen LogP contribution in [0.15, 0.2) is 42.5 Å². The van der Waals surface area contributed by atoms with E-state index in [9.17, 15) is 4.79 Å². The normalized spacial score (nSPS) is 9.95. The van der Waals surface area contributed by atoms with Gasteiger partial charge < -0.3 is 19.5 Å². The third-order valence-corrected chi connectivity index (χ3v) is 3.07. The Morgan fingerprint density at radius 1 is 1.00 bits per heavy atom. The summed E-state index contributed by atoms with van der Waals surface area (Å²) in [6.45, 7) is 2.51. The number of rotatable bonds is 6. The molecule has 2 rings (SSSR count). The third kappa shape index (κ3) is 3.69. The molecule has 0 aliphatic rings. The van der Waals surface area contributed by atoms with Gasteiger partial charge in [-0.2, -0.15) is 0 Å². The number of methoxy groups -OCH3 is 2. The van der Waals surface area contributed by atoms with Crippen molar-refractivity contribution in [2.24, 2.45) is 0 Å².